The third-order valence-electron chi connectivity index (χ3n) is 4.14. The van der Waals surface area contributed by atoms with E-state index in [1.54, 1.807) is 0 Å². The van der Waals surface area contributed by atoms with Crippen LogP contribution in [0.2, 0.25) is 0 Å². The van der Waals surface area contributed by atoms with Crippen LogP contribution in [0.5, 0.6) is 0 Å². The first-order valence-corrected chi connectivity index (χ1v) is 8.94. The Balaban J connectivity index is 1.80. The molecule has 116 valence electrons. The molecule has 0 radical (unpaired) electrons. The fourth-order valence-corrected chi connectivity index (χ4v) is 4.07. The molecular weight excluding hydrogens is 284 g/mol. The summed E-state index contributed by atoms with van der Waals surface area (Å²) in [6.07, 6.45) is 4.89. The van der Waals surface area contributed by atoms with Crippen molar-refractivity contribution in [2.45, 2.75) is 37.9 Å². The highest BCUT2D eigenvalue weighted by molar-refractivity contribution is 8.00. The molecule has 21 heavy (non-hydrogen) atoms. The minimum Gasteiger partial charge on any atom is -0.368 e. The molecule has 1 atom stereocenters. The molecule has 1 aromatic heterocycles. The van der Waals surface area contributed by atoms with Gasteiger partial charge in [-0.05, 0) is 25.7 Å². The highest BCUT2D eigenvalue weighted by Gasteiger charge is 2.23. The van der Waals surface area contributed by atoms with Crippen LogP contribution >= 0.6 is 11.8 Å². The molecule has 2 aliphatic heterocycles. The van der Waals surface area contributed by atoms with Gasteiger partial charge in [0.2, 0.25) is 17.8 Å². The van der Waals surface area contributed by atoms with Crippen LogP contribution in [-0.4, -0.2) is 52.1 Å². The first kappa shape index (κ1) is 14.7. The lowest BCUT2D eigenvalue weighted by molar-refractivity contribution is 0.567. The molecule has 3 heterocycles. The number of nitrogen functional groups attached to an aromatic ring is 1. The number of hydrogen-bond acceptors (Lipinski definition) is 7. The number of anilines is 3. The Morgan fingerprint density at radius 3 is 2.48 bits per heavy atom. The second kappa shape index (κ2) is 6.68. The maximum absolute atomic E-state index is 5.92. The Morgan fingerprint density at radius 2 is 1.76 bits per heavy atom. The molecule has 0 amide bonds. The summed E-state index contributed by atoms with van der Waals surface area (Å²) < 4.78 is 0. The van der Waals surface area contributed by atoms with E-state index in [1.165, 1.54) is 25.7 Å². The van der Waals surface area contributed by atoms with Crippen molar-refractivity contribution in [2.24, 2.45) is 0 Å². The predicted octanol–water partition coefficient (Wildman–Crippen LogP) is 1.78. The van der Waals surface area contributed by atoms with Gasteiger partial charge < -0.3 is 15.5 Å². The number of rotatable bonds is 3. The predicted molar refractivity (Wildman–Crippen MR) is 89.1 cm³/mol. The molecule has 0 aliphatic carbocycles. The van der Waals surface area contributed by atoms with Crippen LogP contribution in [0.1, 0.15) is 32.6 Å². The van der Waals surface area contributed by atoms with E-state index in [-0.39, 0.29) is 0 Å². The first-order valence-electron chi connectivity index (χ1n) is 7.89. The highest BCUT2D eigenvalue weighted by Crippen LogP contribution is 2.25. The Kier molecular flexibility index (Phi) is 4.67. The van der Waals surface area contributed by atoms with E-state index < -0.39 is 0 Å². The van der Waals surface area contributed by atoms with Crippen molar-refractivity contribution in [2.75, 3.05) is 47.5 Å². The Hall–Kier alpha value is -1.24. The molecule has 2 aliphatic rings. The van der Waals surface area contributed by atoms with Gasteiger partial charge in [-0.2, -0.15) is 26.7 Å². The number of hydrogen-bond donors (Lipinski definition) is 1. The van der Waals surface area contributed by atoms with Crippen molar-refractivity contribution in [3.8, 4) is 0 Å². The second-order valence-corrected chi connectivity index (χ2v) is 7.10. The van der Waals surface area contributed by atoms with Crippen LogP contribution in [-0.2, 0) is 0 Å². The van der Waals surface area contributed by atoms with Crippen molar-refractivity contribution >= 4 is 29.6 Å². The normalized spacial score (nSPS) is 23.4. The van der Waals surface area contributed by atoms with E-state index in [2.05, 4.69) is 26.7 Å². The largest absolute Gasteiger partial charge is 0.368 e. The molecule has 0 saturated carbocycles. The van der Waals surface area contributed by atoms with Gasteiger partial charge in [-0.15, -0.1) is 0 Å². The minimum absolute atomic E-state index is 0.340. The molecule has 2 fully saturated rings. The molecule has 1 aromatic rings. The van der Waals surface area contributed by atoms with Gasteiger partial charge in [0, 0.05) is 37.2 Å². The third kappa shape index (κ3) is 3.51. The number of thioether (sulfide) groups is 1. The summed E-state index contributed by atoms with van der Waals surface area (Å²) in [5.41, 5.74) is 5.92. The molecular formula is C14H24N6S. The van der Waals surface area contributed by atoms with E-state index in [0.717, 1.165) is 43.8 Å². The number of aromatic nitrogens is 3. The summed E-state index contributed by atoms with van der Waals surface area (Å²) >= 11 is 2.04. The summed E-state index contributed by atoms with van der Waals surface area (Å²) in [7, 11) is 0. The van der Waals surface area contributed by atoms with Crippen LogP contribution < -0.4 is 15.5 Å². The van der Waals surface area contributed by atoms with Gasteiger partial charge in [-0.3, -0.25) is 0 Å². The van der Waals surface area contributed by atoms with E-state index in [1.807, 2.05) is 11.8 Å². The van der Waals surface area contributed by atoms with Gasteiger partial charge in [0.15, 0.2) is 0 Å². The third-order valence-corrected chi connectivity index (χ3v) is 5.52. The monoisotopic (exact) mass is 308 g/mol. The maximum Gasteiger partial charge on any atom is 0.232 e. The summed E-state index contributed by atoms with van der Waals surface area (Å²) in [4.78, 5) is 17.9. The Labute approximate surface area is 130 Å². The minimum atomic E-state index is 0.340. The van der Waals surface area contributed by atoms with Gasteiger partial charge in [0.1, 0.15) is 0 Å². The molecule has 1 unspecified atom stereocenters. The van der Waals surface area contributed by atoms with Crippen LogP contribution in [0.3, 0.4) is 0 Å². The zero-order chi connectivity index (χ0) is 14.7. The molecule has 7 heteroatoms. The lowest BCUT2D eigenvalue weighted by Gasteiger charge is -2.33. The smallest absolute Gasteiger partial charge is 0.232 e. The SMILES string of the molecule is CCC1CN(c2nc(N)nc(N3CCCCC3)n2)CCS1. The van der Waals surface area contributed by atoms with Gasteiger partial charge in [0.25, 0.3) is 0 Å². The maximum atomic E-state index is 5.92. The molecule has 3 rings (SSSR count). The lowest BCUT2D eigenvalue weighted by Crippen LogP contribution is -2.39. The average molecular weight is 308 g/mol. The van der Waals surface area contributed by atoms with Crippen molar-refractivity contribution in [1.29, 1.82) is 0 Å². The average Bonchev–Trinajstić information content (AvgIpc) is 2.55. The molecule has 0 bridgehead atoms. The summed E-state index contributed by atoms with van der Waals surface area (Å²) in [5, 5.41) is 0.662. The zero-order valence-electron chi connectivity index (χ0n) is 12.7. The van der Waals surface area contributed by atoms with Crippen molar-refractivity contribution in [3.05, 3.63) is 0 Å². The van der Waals surface area contributed by atoms with Gasteiger partial charge >= 0.3 is 0 Å². The van der Waals surface area contributed by atoms with E-state index >= 15 is 0 Å². The topological polar surface area (TPSA) is 71.2 Å². The second-order valence-electron chi connectivity index (χ2n) is 5.69. The fourth-order valence-electron chi connectivity index (χ4n) is 2.89. The standard InChI is InChI=1S/C14H24N6S/c1-2-11-10-20(8-9-21-11)14-17-12(15)16-13(18-14)19-6-4-3-5-7-19/h11H,2-10H2,1H3,(H2,15,16,17,18). The Bertz CT molecular complexity index is 477. The number of nitrogens with two attached hydrogens (primary N) is 1. The molecule has 0 aromatic carbocycles. The fraction of sp³-hybridized carbons (Fsp3) is 0.786. The zero-order valence-corrected chi connectivity index (χ0v) is 13.5. The summed E-state index contributed by atoms with van der Waals surface area (Å²) in [6.45, 7) is 6.28. The number of piperidine rings is 1. The molecule has 0 spiro atoms. The molecule has 6 nitrogen and oxygen atoms in total. The van der Waals surface area contributed by atoms with Crippen LogP contribution in [0.15, 0.2) is 0 Å². The van der Waals surface area contributed by atoms with Gasteiger partial charge in [-0.1, -0.05) is 6.92 Å². The van der Waals surface area contributed by atoms with Gasteiger partial charge in [-0.25, -0.2) is 0 Å². The van der Waals surface area contributed by atoms with Crippen molar-refractivity contribution in [3.63, 3.8) is 0 Å². The van der Waals surface area contributed by atoms with Crippen molar-refractivity contribution < 1.29 is 0 Å². The molecule has 2 saturated heterocycles. The van der Waals surface area contributed by atoms with Crippen LogP contribution in [0, 0.1) is 0 Å². The summed E-state index contributed by atoms with van der Waals surface area (Å²) in [6, 6.07) is 0. The van der Waals surface area contributed by atoms with E-state index in [0.29, 0.717) is 11.2 Å². The first-order chi connectivity index (χ1) is 10.3. The lowest BCUT2D eigenvalue weighted by atomic mass is 10.1. The van der Waals surface area contributed by atoms with E-state index in [4.69, 9.17) is 10.7 Å². The Morgan fingerprint density at radius 1 is 1.05 bits per heavy atom. The van der Waals surface area contributed by atoms with E-state index in [9.17, 15) is 0 Å². The number of nitrogens with zero attached hydrogens (tertiary/aromatic N) is 5. The quantitative estimate of drug-likeness (QED) is 0.912. The van der Waals surface area contributed by atoms with Gasteiger partial charge in [0.05, 0.1) is 0 Å². The highest BCUT2D eigenvalue weighted by atomic mass is 32.2. The summed E-state index contributed by atoms with van der Waals surface area (Å²) in [5.74, 6) is 2.97. The van der Waals surface area contributed by atoms with Crippen molar-refractivity contribution in [1.82, 2.24) is 15.0 Å². The van der Waals surface area contributed by atoms with Crippen LogP contribution in [0.4, 0.5) is 17.8 Å². The van der Waals surface area contributed by atoms with Crippen LogP contribution in [0.25, 0.3) is 0 Å². The molecule has 2 N–H and O–H groups in total.